The van der Waals surface area contributed by atoms with E-state index in [2.05, 4.69) is 26.1 Å². The van der Waals surface area contributed by atoms with Crippen LogP contribution in [0.15, 0.2) is 0 Å². The molecule has 0 saturated carbocycles. The molecule has 0 radical (unpaired) electrons. The second-order valence-corrected chi connectivity index (χ2v) is 19.7. The number of unbranched alkanes of at least 4 members (excludes halogenated alkanes) is 40. The summed E-state index contributed by atoms with van der Waals surface area (Å²) in [4.78, 5) is 26.2. The van der Waals surface area contributed by atoms with Gasteiger partial charge in [-0.25, -0.2) is 0 Å². The van der Waals surface area contributed by atoms with Crippen LogP contribution in [0, 0.1) is 0 Å². The number of aliphatic hydroxyl groups excluding tert-OH is 2. The van der Waals surface area contributed by atoms with Crippen molar-refractivity contribution >= 4 is 11.9 Å². The van der Waals surface area contributed by atoms with Crippen molar-refractivity contribution in [3.63, 3.8) is 0 Å². The van der Waals surface area contributed by atoms with E-state index in [1.54, 1.807) is 0 Å². The summed E-state index contributed by atoms with van der Waals surface area (Å²) < 4.78 is 5.95. The fourth-order valence-electron chi connectivity index (χ4n) is 9.14. The van der Waals surface area contributed by atoms with Crippen LogP contribution >= 0.6 is 0 Å². The van der Waals surface area contributed by atoms with E-state index in [4.69, 9.17) is 4.74 Å². The number of hydrogen-bond acceptors (Lipinski definition) is 5. The molecule has 0 aliphatic rings. The number of ether oxygens (including phenoxy) is 1. The largest absolute Gasteiger partial charge is 0.462 e. The van der Waals surface area contributed by atoms with E-state index in [1.165, 1.54) is 238 Å². The number of hydrogen-bond donors (Lipinski definition) is 3. The molecule has 3 atom stereocenters. The highest BCUT2D eigenvalue weighted by atomic mass is 16.5. The van der Waals surface area contributed by atoms with Crippen LogP contribution in [0.3, 0.4) is 0 Å². The first-order valence-corrected chi connectivity index (χ1v) is 28.3. The van der Waals surface area contributed by atoms with E-state index in [1.807, 2.05) is 0 Å². The van der Waals surface area contributed by atoms with Crippen LogP contribution < -0.4 is 5.32 Å². The van der Waals surface area contributed by atoms with E-state index in [9.17, 15) is 19.8 Å². The van der Waals surface area contributed by atoms with Crippen molar-refractivity contribution in [2.45, 2.75) is 341 Å². The highest BCUT2D eigenvalue weighted by Crippen LogP contribution is 2.19. The minimum atomic E-state index is -0.780. The van der Waals surface area contributed by atoms with Gasteiger partial charge in [-0.3, -0.25) is 9.59 Å². The molecule has 0 spiro atoms. The van der Waals surface area contributed by atoms with E-state index >= 15 is 0 Å². The number of nitrogens with one attached hydrogen (secondary N) is 1. The number of carbonyl (C=O) groups is 2. The van der Waals surface area contributed by atoms with Gasteiger partial charge < -0.3 is 20.3 Å². The van der Waals surface area contributed by atoms with Gasteiger partial charge in [0, 0.05) is 6.42 Å². The highest BCUT2D eigenvalue weighted by molar-refractivity contribution is 5.77. The second-order valence-electron chi connectivity index (χ2n) is 19.7. The predicted molar refractivity (Wildman–Crippen MR) is 269 cm³/mol. The summed E-state index contributed by atoms with van der Waals surface area (Å²) in [6.45, 7) is 6.53. The molecular weight excluding hydrogens is 767 g/mol. The molecule has 0 saturated heterocycles. The van der Waals surface area contributed by atoms with Crippen LogP contribution in [0.2, 0.25) is 0 Å². The molecule has 0 aromatic rings. The normalized spacial score (nSPS) is 13.0. The number of amides is 1. The summed E-state index contributed by atoms with van der Waals surface area (Å²) >= 11 is 0. The Kier molecular flexibility index (Phi) is 49.9. The highest BCUT2D eigenvalue weighted by Gasteiger charge is 2.24. The number of carbonyl (C=O) groups excluding carboxylic acids is 2. The Morgan fingerprint density at radius 2 is 0.677 bits per heavy atom. The standard InChI is InChI=1S/C56H111NO5/c1-4-7-10-13-16-19-22-25-27-28-29-31-33-36-39-42-45-48-54(59)53(51-58)57-55(60)50-52(47-44-41-38-35-32-30-26-23-20-17-14-11-8-5-2)62-56(61)49-46-43-40-37-34-24-21-18-15-12-9-6-3/h52-54,58-59H,4-51H2,1-3H3,(H,57,60). The van der Waals surface area contributed by atoms with E-state index in [0.29, 0.717) is 19.3 Å². The average Bonchev–Trinajstić information content (AvgIpc) is 3.26. The van der Waals surface area contributed by atoms with E-state index in [-0.39, 0.29) is 24.9 Å². The minimum Gasteiger partial charge on any atom is -0.462 e. The van der Waals surface area contributed by atoms with Crippen molar-refractivity contribution in [2.75, 3.05) is 6.61 Å². The summed E-state index contributed by atoms with van der Waals surface area (Å²) in [6.07, 6.45) is 55.9. The Hall–Kier alpha value is -1.14. The van der Waals surface area contributed by atoms with Crippen LogP contribution in [-0.2, 0) is 14.3 Å². The maximum atomic E-state index is 13.2. The molecule has 0 aliphatic carbocycles. The summed E-state index contributed by atoms with van der Waals surface area (Å²) in [6, 6.07) is -0.693. The topological polar surface area (TPSA) is 95.9 Å². The lowest BCUT2D eigenvalue weighted by molar-refractivity contribution is -0.151. The quantitative estimate of drug-likeness (QED) is 0.0418. The van der Waals surface area contributed by atoms with Gasteiger partial charge in [-0.1, -0.05) is 284 Å². The fourth-order valence-corrected chi connectivity index (χ4v) is 9.14. The molecule has 1 amide bonds. The third kappa shape index (κ3) is 45.4. The van der Waals surface area contributed by atoms with Crippen LogP contribution in [0.5, 0.6) is 0 Å². The molecule has 0 aromatic carbocycles. The molecule has 0 bridgehead atoms. The lowest BCUT2D eigenvalue weighted by Crippen LogP contribution is -2.46. The first kappa shape index (κ1) is 60.9. The van der Waals surface area contributed by atoms with Gasteiger partial charge >= 0.3 is 5.97 Å². The van der Waals surface area contributed by atoms with Crippen molar-refractivity contribution in [3.05, 3.63) is 0 Å². The predicted octanol–water partition coefficient (Wildman–Crippen LogP) is 17.1. The van der Waals surface area contributed by atoms with Crippen molar-refractivity contribution < 1.29 is 24.5 Å². The molecule has 3 N–H and O–H groups in total. The minimum absolute atomic E-state index is 0.0883. The van der Waals surface area contributed by atoms with Gasteiger partial charge in [0.15, 0.2) is 0 Å². The van der Waals surface area contributed by atoms with Gasteiger partial charge in [-0.2, -0.15) is 0 Å². The molecule has 370 valence electrons. The molecular formula is C56H111NO5. The molecule has 6 heteroatoms. The van der Waals surface area contributed by atoms with Gasteiger partial charge in [0.25, 0.3) is 0 Å². The van der Waals surface area contributed by atoms with E-state index < -0.39 is 18.2 Å². The fraction of sp³-hybridized carbons (Fsp3) is 0.964. The van der Waals surface area contributed by atoms with Gasteiger partial charge in [0.1, 0.15) is 6.10 Å². The molecule has 62 heavy (non-hydrogen) atoms. The average molecular weight is 879 g/mol. The first-order chi connectivity index (χ1) is 30.5. The zero-order chi connectivity index (χ0) is 45.2. The summed E-state index contributed by atoms with van der Waals surface area (Å²) in [5.74, 6) is -0.447. The van der Waals surface area contributed by atoms with Gasteiger partial charge in [-0.15, -0.1) is 0 Å². The third-order valence-corrected chi connectivity index (χ3v) is 13.4. The van der Waals surface area contributed by atoms with Gasteiger partial charge in [0.05, 0.1) is 25.2 Å². The second kappa shape index (κ2) is 50.9. The smallest absolute Gasteiger partial charge is 0.306 e. The number of aliphatic hydroxyl groups is 2. The lowest BCUT2D eigenvalue weighted by atomic mass is 10.0. The summed E-state index contributed by atoms with van der Waals surface area (Å²) in [5.41, 5.74) is 0. The van der Waals surface area contributed by atoms with Crippen LogP contribution in [-0.4, -0.2) is 46.9 Å². The molecule has 6 nitrogen and oxygen atoms in total. The Balaban J connectivity index is 4.45. The molecule has 0 heterocycles. The zero-order valence-electron chi connectivity index (χ0n) is 42.3. The van der Waals surface area contributed by atoms with Gasteiger partial charge in [0.2, 0.25) is 5.91 Å². The Morgan fingerprint density at radius 1 is 0.403 bits per heavy atom. The number of esters is 1. The van der Waals surface area contributed by atoms with Crippen molar-refractivity contribution in [2.24, 2.45) is 0 Å². The molecule has 0 rings (SSSR count). The van der Waals surface area contributed by atoms with Gasteiger partial charge in [-0.05, 0) is 25.7 Å². The van der Waals surface area contributed by atoms with Crippen LogP contribution in [0.4, 0.5) is 0 Å². The molecule has 3 unspecified atom stereocenters. The monoisotopic (exact) mass is 878 g/mol. The van der Waals surface area contributed by atoms with Crippen LogP contribution in [0.25, 0.3) is 0 Å². The Morgan fingerprint density at radius 3 is 0.984 bits per heavy atom. The first-order valence-electron chi connectivity index (χ1n) is 28.3. The van der Waals surface area contributed by atoms with E-state index in [0.717, 1.165) is 38.5 Å². The van der Waals surface area contributed by atoms with Crippen LogP contribution in [0.1, 0.15) is 323 Å². The molecule has 0 fully saturated rings. The SMILES string of the molecule is CCCCCCCCCCCCCCCCCCCC(O)C(CO)NC(=O)CC(CCCCCCCCCCCCCCCC)OC(=O)CCCCCCCCCCCCCC. The number of rotatable bonds is 52. The third-order valence-electron chi connectivity index (χ3n) is 13.4. The summed E-state index contributed by atoms with van der Waals surface area (Å²) in [7, 11) is 0. The van der Waals surface area contributed by atoms with Crippen molar-refractivity contribution in [1.82, 2.24) is 5.32 Å². The Bertz CT molecular complexity index is 898. The Labute approximate surface area is 387 Å². The maximum Gasteiger partial charge on any atom is 0.306 e. The molecule has 0 aliphatic heterocycles. The maximum absolute atomic E-state index is 13.2. The van der Waals surface area contributed by atoms with Crippen molar-refractivity contribution in [3.8, 4) is 0 Å². The molecule has 0 aromatic heterocycles. The summed E-state index contributed by atoms with van der Waals surface area (Å²) in [5, 5.41) is 23.9. The lowest BCUT2D eigenvalue weighted by Gasteiger charge is -2.24. The van der Waals surface area contributed by atoms with Crippen molar-refractivity contribution in [1.29, 1.82) is 0 Å². The zero-order valence-corrected chi connectivity index (χ0v) is 42.3.